The maximum Gasteiger partial charge on any atom is 0.144 e. The minimum Gasteiger partial charge on any atom is -0.506 e. The lowest BCUT2D eigenvalue weighted by Gasteiger charge is -2.10. The summed E-state index contributed by atoms with van der Waals surface area (Å²) in [6, 6.07) is 12.3. The average Bonchev–Trinajstić information content (AvgIpc) is 2.36. The van der Waals surface area contributed by atoms with Gasteiger partial charge in [-0.25, -0.2) is 0 Å². The van der Waals surface area contributed by atoms with Crippen LogP contribution in [0.2, 0.25) is 0 Å². The van der Waals surface area contributed by atoms with Crippen molar-refractivity contribution in [1.82, 2.24) is 0 Å². The Bertz CT molecular complexity index is 559. The number of hydrogen-bond donors (Lipinski definition) is 1. The van der Waals surface area contributed by atoms with Crippen LogP contribution in [0.1, 0.15) is 25.3 Å². The Morgan fingerprint density at radius 2 is 1.56 bits per heavy atom. The molecule has 0 radical (unpaired) electrons. The Balaban J connectivity index is 2.46. The van der Waals surface area contributed by atoms with Crippen molar-refractivity contribution >= 4 is 31.9 Å². The average molecular weight is 370 g/mol. The summed E-state index contributed by atoms with van der Waals surface area (Å²) in [5, 5.41) is 9.90. The molecule has 1 nitrogen and oxygen atoms in total. The lowest BCUT2D eigenvalue weighted by Crippen LogP contribution is -1.87. The van der Waals surface area contributed by atoms with Crippen LogP contribution in [0.25, 0.3) is 11.1 Å². The predicted octanol–water partition coefficient (Wildman–Crippen LogP) is 5.71. The largest absolute Gasteiger partial charge is 0.506 e. The van der Waals surface area contributed by atoms with Gasteiger partial charge >= 0.3 is 0 Å². The van der Waals surface area contributed by atoms with Crippen LogP contribution in [0.15, 0.2) is 45.3 Å². The summed E-state index contributed by atoms with van der Waals surface area (Å²) < 4.78 is 1.41. The van der Waals surface area contributed by atoms with Gasteiger partial charge in [-0.2, -0.15) is 0 Å². The maximum absolute atomic E-state index is 9.90. The summed E-state index contributed by atoms with van der Waals surface area (Å²) >= 11 is 6.74. The van der Waals surface area contributed by atoms with Crippen molar-refractivity contribution in [3.63, 3.8) is 0 Å². The molecule has 0 saturated carbocycles. The third-order valence-electron chi connectivity index (χ3n) is 2.96. The molecule has 0 aromatic heterocycles. The molecule has 2 rings (SSSR count). The van der Waals surface area contributed by atoms with Crippen molar-refractivity contribution in [1.29, 1.82) is 0 Å². The minimum atomic E-state index is 0.237. The Morgan fingerprint density at radius 3 is 2.11 bits per heavy atom. The fourth-order valence-electron chi connectivity index (χ4n) is 1.81. The first-order chi connectivity index (χ1) is 8.50. The standard InChI is InChI=1S/C15H14Br2O/c1-9(2)10-3-5-11(6-4-10)12-7-8-13(16)15(18)14(12)17/h3-9,18H,1-2H3. The van der Waals surface area contributed by atoms with E-state index in [4.69, 9.17) is 0 Å². The van der Waals surface area contributed by atoms with Crippen LogP contribution in [0.4, 0.5) is 0 Å². The van der Waals surface area contributed by atoms with E-state index in [1.165, 1.54) is 5.56 Å². The molecule has 0 aliphatic carbocycles. The molecule has 0 unspecified atom stereocenters. The maximum atomic E-state index is 9.90. The van der Waals surface area contributed by atoms with Crippen molar-refractivity contribution in [3.8, 4) is 16.9 Å². The topological polar surface area (TPSA) is 20.2 Å². The molecule has 1 N–H and O–H groups in total. The smallest absolute Gasteiger partial charge is 0.144 e. The summed E-state index contributed by atoms with van der Waals surface area (Å²) in [6.45, 7) is 4.35. The van der Waals surface area contributed by atoms with E-state index in [0.29, 0.717) is 14.9 Å². The third-order valence-corrected chi connectivity index (χ3v) is 4.40. The molecule has 2 aromatic carbocycles. The van der Waals surface area contributed by atoms with Gasteiger partial charge in [0.1, 0.15) is 5.75 Å². The second-order valence-corrected chi connectivity index (χ2v) is 6.18. The van der Waals surface area contributed by atoms with Crippen LogP contribution in [-0.4, -0.2) is 5.11 Å². The molecule has 94 valence electrons. The summed E-state index contributed by atoms with van der Waals surface area (Å²) in [5.74, 6) is 0.765. The van der Waals surface area contributed by atoms with Gasteiger partial charge in [-0.3, -0.25) is 0 Å². The van der Waals surface area contributed by atoms with Crippen LogP contribution in [0.5, 0.6) is 5.75 Å². The van der Waals surface area contributed by atoms with Crippen LogP contribution in [0, 0.1) is 0 Å². The molecule has 0 saturated heterocycles. The molecule has 0 atom stereocenters. The van der Waals surface area contributed by atoms with Crippen LogP contribution in [-0.2, 0) is 0 Å². The summed E-state index contributed by atoms with van der Waals surface area (Å²) in [6.07, 6.45) is 0. The van der Waals surface area contributed by atoms with Crippen LogP contribution >= 0.6 is 31.9 Å². The van der Waals surface area contributed by atoms with E-state index >= 15 is 0 Å². The Labute approximate surface area is 124 Å². The number of phenolic OH excluding ortho intramolecular Hbond substituents is 1. The molecule has 18 heavy (non-hydrogen) atoms. The van der Waals surface area contributed by atoms with Gasteiger partial charge in [0.25, 0.3) is 0 Å². The van der Waals surface area contributed by atoms with Gasteiger partial charge < -0.3 is 5.11 Å². The number of hydrogen-bond acceptors (Lipinski definition) is 1. The van der Waals surface area contributed by atoms with Gasteiger partial charge in [-0.1, -0.05) is 44.2 Å². The molecule has 0 bridgehead atoms. The van der Waals surface area contributed by atoms with Gasteiger partial charge in [-0.05, 0) is 60.5 Å². The molecule has 2 aromatic rings. The Morgan fingerprint density at radius 1 is 0.944 bits per heavy atom. The van der Waals surface area contributed by atoms with E-state index in [-0.39, 0.29) is 5.75 Å². The molecule has 3 heteroatoms. The molecule has 0 spiro atoms. The molecule has 0 aliphatic rings. The van der Waals surface area contributed by atoms with Gasteiger partial charge in [0.15, 0.2) is 0 Å². The highest BCUT2D eigenvalue weighted by molar-refractivity contribution is 9.11. The zero-order chi connectivity index (χ0) is 13.3. The number of halogens is 2. The summed E-state index contributed by atoms with van der Waals surface area (Å²) in [5.41, 5.74) is 3.40. The number of phenols is 1. The van der Waals surface area contributed by atoms with Gasteiger partial charge in [0, 0.05) is 0 Å². The fourth-order valence-corrected chi connectivity index (χ4v) is 2.98. The first-order valence-corrected chi connectivity index (χ1v) is 7.36. The van der Waals surface area contributed by atoms with Crippen molar-refractivity contribution in [2.24, 2.45) is 0 Å². The molecule has 0 heterocycles. The second kappa shape index (κ2) is 5.45. The molecule has 0 aliphatic heterocycles. The van der Waals surface area contributed by atoms with E-state index in [1.807, 2.05) is 12.1 Å². The second-order valence-electron chi connectivity index (χ2n) is 4.53. The van der Waals surface area contributed by atoms with Gasteiger partial charge in [-0.15, -0.1) is 0 Å². The van der Waals surface area contributed by atoms with Gasteiger partial charge in [0.05, 0.1) is 8.95 Å². The molecular formula is C15H14Br2O. The van der Waals surface area contributed by atoms with Crippen LogP contribution < -0.4 is 0 Å². The highest BCUT2D eigenvalue weighted by Gasteiger charge is 2.10. The van der Waals surface area contributed by atoms with E-state index < -0.39 is 0 Å². The van der Waals surface area contributed by atoms with E-state index in [2.05, 4.69) is 70.0 Å². The molecule has 0 amide bonds. The lowest BCUT2D eigenvalue weighted by molar-refractivity contribution is 0.469. The van der Waals surface area contributed by atoms with E-state index in [9.17, 15) is 5.11 Å². The highest BCUT2D eigenvalue weighted by atomic mass is 79.9. The first kappa shape index (κ1) is 13.6. The highest BCUT2D eigenvalue weighted by Crippen LogP contribution is 2.39. The lowest BCUT2D eigenvalue weighted by atomic mass is 9.99. The van der Waals surface area contributed by atoms with E-state index in [1.54, 1.807) is 0 Å². The van der Waals surface area contributed by atoms with Gasteiger partial charge in [0.2, 0.25) is 0 Å². The van der Waals surface area contributed by atoms with Crippen molar-refractivity contribution in [2.75, 3.05) is 0 Å². The fraction of sp³-hybridized carbons (Fsp3) is 0.200. The van der Waals surface area contributed by atoms with Crippen LogP contribution in [0.3, 0.4) is 0 Å². The predicted molar refractivity (Wildman–Crippen MR) is 83.0 cm³/mol. The number of benzene rings is 2. The Kier molecular flexibility index (Phi) is 4.13. The van der Waals surface area contributed by atoms with Crippen molar-refractivity contribution < 1.29 is 5.11 Å². The minimum absolute atomic E-state index is 0.237. The summed E-state index contributed by atoms with van der Waals surface area (Å²) in [7, 11) is 0. The zero-order valence-corrected chi connectivity index (χ0v) is 13.4. The van der Waals surface area contributed by atoms with Crippen molar-refractivity contribution in [3.05, 3.63) is 50.9 Å². The van der Waals surface area contributed by atoms with E-state index in [0.717, 1.165) is 11.1 Å². The third kappa shape index (κ3) is 2.62. The quantitative estimate of drug-likeness (QED) is 0.718. The first-order valence-electron chi connectivity index (χ1n) is 5.78. The molecule has 0 fully saturated rings. The Hall–Kier alpha value is -0.800. The number of aromatic hydroxyl groups is 1. The number of rotatable bonds is 2. The molecular weight excluding hydrogens is 356 g/mol. The summed E-state index contributed by atoms with van der Waals surface area (Å²) in [4.78, 5) is 0. The normalized spacial score (nSPS) is 10.9. The monoisotopic (exact) mass is 368 g/mol. The zero-order valence-electron chi connectivity index (χ0n) is 10.2. The van der Waals surface area contributed by atoms with Crippen molar-refractivity contribution in [2.45, 2.75) is 19.8 Å². The SMILES string of the molecule is CC(C)c1ccc(-c2ccc(Br)c(O)c2Br)cc1.